The summed E-state index contributed by atoms with van der Waals surface area (Å²) in [5.41, 5.74) is 1.08. The fourth-order valence-corrected chi connectivity index (χ4v) is 2.42. The van der Waals surface area contributed by atoms with Crippen LogP contribution in [0.3, 0.4) is 0 Å². The summed E-state index contributed by atoms with van der Waals surface area (Å²) in [5.74, 6) is -1.36. The quantitative estimate of drug-likeness (QED) is 0.807. The molecule has 5 nitrogen and oxygen atoms in total. The third-order valence-corrected chi connectivity index (χ3v) is 2.94. The second kappa shape index (κ2) is 4.42. The zero-order valence-electron chi connectivity index (χ0n) is 11.1. The van der Waals surface area contributed by atoms with Gasteiger partial charge in [-0.15, -0.1) is 0 Å². The predicted molar refractivity (Wildman–Crippen MR) is 71.4 cm³/mol. The van der Waals surface area contributed by atoms with Crippen LogP contribution in [-0.4, -0.2) is 10.7 Å². The van der Waals surface area contributed by atoms with Gasteiger partial charge >= 0.3 is 11.7 Å². The zero-order chi connectivity index (χ0) is 14.4. The summed E-state index contributed by atoms with van der Waals surface area (Å²) in [6.07, 6.45) is 0. The van der Waals surface area contributed by atoms with Crippen molar-refractivity contribution < 1.29 is 14.0 Å². The van der Waals surface area contributed by atoms with Gasteiger partial charge in [-0.3, -0.25) is 0 Å². The molecule has 0 radical (unpaired) electrons. The van der Waals surface area contributed by atoms with E-state index in [1.165, 1.54) is 6.92 Å². The molecule has 0 fully saturated rings. The molecule has 1 heterocycles. The third-order valence-electron chi connectivity index (χ3n) is 2.63. The first-order chi connectivity index (χ1) is 8.71. The van der Waals surface area contributed by atoms with Gasteiger partial charge in [0.15, 0.2) is 5.58 Å². The standard InChI is InChI=1S/C13H14ClNO4/c1-7(16)19-15-11-9(18-12(15)17)6-5-8(14)10(11)13(2,3)4/h5-6H,1-4H3. The van der Waals surface area contributed by atoms with E-state index in [1.807, 2.05) is 20.8 Å². The third kappa shape index (κ3) is 2.38. The molecule has 0 unspecified atom stereocenters. The summed E-state index contributed by atoms with van der Waals surface area (Å²) < 4.78 is 5.91. The number of hydrogen-bond donors (Lipinski definition) is 0. The molecule has 0 aliphatic carbocycles. The largest absolute Gasteiger partial charge is 0.453 e. The first-order valence-electron chi connectivity index (χ1n) is 5.75. The molecular weight excluding hydrogens is 270 g/mol. The first kappa shape index (κ1) is 13.7. The minimum absolute atomic E-state index is 0.334. The topological polar surface area (TPSA) is 61.4 Å². The Kier molecular flexibility index (Phi) is 3.18. The molecule has 0 saturated carbocycles. The van der Waals surface area contributed by atoms with Crippen LogP contribution in [0.15, 0.2) is 21.3 Å². The highest BCUT2D eigenvalue weighted by Gasteiger charge is 2.26. The van der Waals surface area contributed by atoms with Gasteiger partial charge in [0.1, 0.15) is 5.52 Å². The molecule has 2 aromatic rings. The maximum absolute atomic E-state index is 11.7. The lowest BCUT2D eigenvalue weighted by Gasteiger charge is -2.21. The van der Waals surface area contributed by atoms with Crippen LogP contribution in [0.4, 0.5) is 0 Å². The number of rotatable bonds is 1. The van der Waals surface area contributed by atoms with Gasteiger partial charge in [0, 0.05) is 17.5 Å². The predicted octanol–water partition coefficient (Wildman–Crippen LogP) is 2.52. The minimum Gasteiger partial charge on any atom is -0.405 e. The molecule has 0 aliphatic heterocycles. The van der Waals surface area contributed by atoms with E-state index in [1.54, 1.807) is 12.1 Å². The number of hydrogen-bond acceptors (Lipinski definition) is 4. The number of oxazole rings is 1. The highest BCUT2D eigenvalue weighted by molar-refractivity contribution is 6.32. The van der Waals surface area contributed by atoms with Gasteiger partial charge in [-0.05, 0) is 17.5 Å². The van der Waals surface area contributed by atoms with Gasteiger partial charge in [0.25, 0.3) is 0 Å². The number of halogens is 1. The van der Waals surface area contributed by atoms with Gasteiger partial charge in [-0.2, -0.15) is 0 Å². The van der Waals surface area contributed by atoms with Crippen molar-refractivity contribution >= 4 is 28.7 Å². The van der Waals surface area contributed by atoms with Gasteiger partial charge in [0.05, 0.1) is 0 Å². The number of carbonyl (C=O) groups excluding carboxylic acids is 1. The fraction of sp³-hybridized carbons (Fsp3) is 0.385. The highest BCUT2D eigenvalue weighted by atomic mass is 35.5. The Balaban J connectivity index is 2.90. The van der Waals surface area contributed by atoms with Gasteiger partial charge < -0.3 is 9.25 Å². The molecule has 6 heteroatoms. The SMILES string of the molecule is CC(=O)On1c(=O)oc2ccc(Cl)c(C(C)(C)C)c21. The Morgan fingerprint density at radius 1 is 1.37 bits per heavy atom. The molecule has 2 rings (SSSR count). The van der Waals surface area contributed by atoms with Crippen molar-refractivity contribution in [1.82, 2.24) is 4.73 Å². The van der Waals surface area contributed by atoms with Crippen LogP contribution in [0, 0.1) is 0 Å². The van der Waals surface area contributed by atoms with E-state index in [2.05, 4.69) is 0 Å². The van der Waals surface area contributed by atoms with Crippen LogP contribution in [0.2, 0.25) is 5.02 Å². The summed E-state index contributed by atoms with van der Waals surface area (Å²) in [5, 5.41) is 0.488. The lowest BCUT2D eigenvalue weighted by Crippen LogP contribution is -2.27. The van der Waals surface area contributed by atoms with Gasteiger partial charge in [0.2, 0.25) is 0 Å². The average molecular weight is 284 g/mol. The van der Waals surface area contributed by atoms with Crippen LogP contribution in [-0.2, 0) is 10.2 Å². The van der Waals surface area contributed by atoms with Crippen LogP contribution in [0.25, 0.3) is 11.1 Å². The average Bonchev–Trinajstić information content (AvgIpc) is 2.53. The Bertz CT molecular complexity index is 706. The van der Waals surface area contributed by atoms with Crippen LogP contribution in [0.1, 0.15) is 33.3 Å². The molecule has 0 amide bonds. The van der Waals surface area contributed by atoms with E-state index < -0.39 is 11.7 Å². The smallest absolute Gasteiger partial charge is 0.405 e. The van der Waals surface area contributed by atoms with E-state index in [-0.39, 0.29) is 5.41 Å². The summed E-state index contributed by atoms with van der Waals surface area (Å²) in [4.78, 5) is 27.7. The van der Waals surface area contributed by atoms with Gasteiger partial charge in [-0.1, -0.05) is 37.1 Å². The number of aromatic nitrogens is 1. The molecule has 0 atom stereocenters. The maximum atomic E-state index is 11.7. The molecule has 0 spiro atoms. The van der Waals surface area contributed by atoms with E-state index in [4.69, 9.17) is 20.9 Å². The normalized spacial score (nSPS) is 11.8. The molecule has 1 aromatic heterocycles. The zero-order valence-corrected chi connectivity index (χ0v) is 11.9. The minimum atomic E-state index is -0.752. The Hall–Kier alpha value is -1.75. The molecule has 0 bridgehead atoms. The summed E-state index contributed by atoms with van der Waals surface area (Å²) in [7, 11) is 0. The van der Waals surface area contributed by atoms with Crippen LogP contribution < -0.4 is 10.6 Å². The maximum Gasteiger partial charge on any atom is 0.453 e. The van der Waals surface area contributed by atoms with Gasteiger partial charge in [-0.25, -0.2) is 9.59 Å². The summed E-state index contributed by atoms with van der Waals surface area (Å²) in [6, 6.07) is 3.24. The van der Waals surface area contributed by atoms with Crippen molar-refractivity contribution in [2.75, 3.05) is 0 Å². The number of carbonyl (C=O) groups is 1. The van der Waals surface area contributed by atoms with E-state index in [0.29, 0.717) is 21.7 Å². The second-order valence-corrected chi connectivity index (χ2v) is 5.67. The molecule has 102 valence electrons. The number of nitrogens with zero attached hydrogens (tertiary/aromatic N) is 1. The molecule has 1 aromatic carbocycles. The van der Waals surface area contributed by atoms with Crippen molar-refractivity contribution in [2.24, 2.45) is 0 Å². The molecule has 0 saturated heterocycles. The molecule has 19 heavy (non-hydrogen) atoms. The van der Waals surface area contributed by atoms with Crippen molar-refractivity contribution in [3.8, 4) is 0 Å². The Morgan fingerprint density at radius 3 is 2.53 bits per heavy atom. The monoisotopic (exact) mass is 283 g/mol. The Morgan fingerprint density at radius 2 is 2.00 bits per heavy atom. The summed E-state index contributed by atoms with van der Waals surface area (Å²) >= 11 is 6.21. The number of fused-ring (bicyclic) bond motifs is 1. The van der Waals surface area contributed by atoms with Crippen molar-refractivity contribution in [1.29, 1.82) is 0 Å². The van der Waals surface area contributed by atoms with E-state index >= 15 is 0 Å². The lowest BCUT2D eigenvalue weighted by molar-refractivity contribution is -0.141. The molecule has 0 aliphatic rings. The summed E-state index contributed by atoms with van der Waals surface area (Å²) in [6.45, 7) is 7.06. The second-order valence-electron chi connectivity index (χ2n) is 5.26. The fourth-order valence-electron chi connectivity index (χ4n) is 1.98. The van der Waals surface area contributed by atoms with E-state index in [0.717, 1.165) is 4.73 Å². The van der Waals surface area contributed by atoms with Crippen molar-refractivity contribution in [3.63, 3.8) is 0 Å². The van der Waals surface area contributed by atoms with E-state index in [9.17, 15) is 9.59 Å². The van der Waals surface area contributed by atoms with Crippen molar-refractivity contribution in [2.45, 2.75) is 33.1 Å². The van der Waals surface area contributed by atoms with Crippen molar-refractivity contribution in [3.05, 3.63) is 33.3 Å². The Labute approximate surface area is 114 Å². The highest BCUT2D eigenvalue weighted by Crippen LogP contribution is 2.35. The van der Waals surface area contributed by atoms with Crippen LogP contribution in [0.5, 0.6) is 0 Å². The number of benzene rings is 1. The molecular formula is C13H14ClNO4. The molecule has 0 N–H and O–H groups in total. The first-order valence-corrected chi connectivity index (χ1v) is 6.13. The lowest BCUT2D eigenvalue weighted by atomic mass is 9.86. The van der Waals surface area contributed by atoms with Crippen LogP contribution >= 0.6 is 11.6 Å².